The first-order chi connectivity index (χ1) is 8.49. The van der Waals surface area contributed by atoms with Crippen LogP contribution in [0.25, 0.3) is 0 Å². The second-order valence-corrected chi connectivity index (χ2v) is 3.98. The van der Waals surface area contributed by atoms with E-state index in [-0.39, 0.29) is 5.69 Å². The highest BCUT2D eigenvalue weighted by atomic mass is 19.2. The fraction of sp³-hybridized carbons (Fsp3) is 0.250. The minimum absolute atomic E-state index is 0.0721. The molecule has 18 heavy (non-hydrogen) atoms. The number of rotatable bonds is 3. The molecule has 1 N–H and O–H groups in total. The van der Waals surface area contributed by atoms with E-state index in [1.165, 1.54) is 0 Å². The lowest BCUT2D eigenvalue weighted by molar-refractivity contribution is 0.496. The van der Waals surface area contributed by atoms with E-state index in [2.05, 4.69) is 10.4 Å². The average Bonchev–Trinajstić information content (AvgIpc) is 2.63. The number of hydrogen-bond donors (Lipinski definition) is 1. The average molecular weight is 255 g/mol. The van der Waals surface area contributed by atoms with Crippen molar-refractivity contribution in [3.8, 4) is 0 Å². The maximum absolute atomic E-state index is 13.3. The van der Waals surface area contributed by atoms with Crippen molar-refractivity contribution in [1.29, 1.82) is 0 Å². The summed E-state index contributed by atoms with van der Waals surface area (Å²) in [5.74, 6) is -3.10. The predicted octanol–water partition coefficient (Wildman–Crippen LogP) is 2.76. The van der Waals surface area contributed by atoms with Gasteiger partial charge in [0, 0.05) is 37.0 Å². The molecule has 2 rings (SSSR count). The molecule has 1 heterocycles. The zero-order valence-corrected chi connectivity index (χ0v) is 9.97. The van der Waals surface area contributed by atoms with Crippen molar-refractivity contribution >= 4 is 5.69 Å². The van der Waals surface area contributed by atoms with E-state index < -0.39 is 17.5 Å². The Balaban J connectivity index is 2.16. The number of anilines is 1. The van der Waals surface area contributed by atoms with Crippen LogP contribution in [-0.2, 0) is 13.6 Å². The number of aryl methyl sites for hydroxylation is 1. The number of benzene rings is 1. The maximum atomic E-state index is 13.3. The fourth-order valence-corrected chi connectivity index (χ4v) is 1.57. The van der Waals surface area contributed by atoms with Crippen LogP contribution in [-0.4, -0.2) is 9.78 Å². The van der Waals surface area contributed by atoms with Crippen LogP contribution >= 0.6 is 0 Å². The molecule has 0 saturated heterocycles. The van der Waals surface area contributed by atoms with Gasteiger partial charge >= 0.3 is 0 Å². The van der Waals surface area contributed by atoms with E-state index in [0.29, 0.717) is 12.6 Å². The molecule has 1 aromatic heterocycles. The summed E-state index contributed by atoms with van der Waals surface area (Å²) in [6, 6.07) is 1.32. The van der Waals surface area contributed by atoms with Crippen molar-refractivity contribution < 1.29 is 13.2 Å². The summed E-state index contributed by atoms with van der Waals surface area (Å²) < 4.78 is 40.7. The van der Waals surface area contributed by atoms with Gasteiger partial charge in [-0.3, -0.25) is 4.68 Å². The third kappa shape index (κ3) is 2.32. The molecule has 0 bridgehead atoms. The van der Waals surface area contributed by atoms with E-state index in [4.69, 9.17) is 0 Å². The standard InChI is InChI=1S/C12H12F3N3/c1-7-8(6-17-18(7)2)5-16-12-4-10(14)9(13)3-11(12)15/h3-4,6,16H,5H2,1-2H3. The summed E-state index contributed by atoms with van der Waals surface area (Å²) in [4.78, 5) is 0. The molecule has 0 saturated carbocycles. The largest absolute Gasteiger partial charge is 0.378 e. The van der Waals surface area contributed by atoms with Gasteiger partial charge in [0.2, 0.25) is 0 Å². The minimum Gasteiger partial charge on any atom is -0.378 e. The molecule has 6 heteroatoms. The molecule has 3 nitrogen and oxygen atoms in total. The predicted molar refractivity (Wildman–Crippen MR) is 61.6 cm³/mol. The molecule has 96 valence electrons. The number of nitrogens with zero attached hydrogens (tertiary/aromatic N) is 2. The van der Waals surface area contributed by atoms with E-state index in [0.717, 1.165) is 17.3 Å². The van der Waals surface area contributed by atoms with Gasteiger partial charge in [-0.2, -0.15) is 5.10 Å². The number of hydrogen-bond acceptors (Lipinski definition) is 2. The smallest absolute Gasteiger partial charge is 0.161 e. The van der Waals surface area contributed by atoms with Gasteiger partial charge in [0.05, 0.1) is 11.9 Å². The lowest BCUT2D eigenvalue weighted by Gasteiger charge is -2.08. The van der Waals surface area contributed by atoms with Gasteiger partial charge < -0.3 is 5.32 Å². The van der Waals surface area contributed by atoms with Crippen LogP contribution in [0.5, 0.6) is 0 Å². The number of nitrogens with one attached hydrogen (secondary N) is 1. The van der Waals surface area contributed by atoms with Crippen LogP contribution in [0.1, 0.15) is 11.3 Å². The molecule has 0 amide bonds. The highest BCUT2D eigenvalue weighted by Gasteiger charge is 2.10. The quantitative estimate of drug-likeness (QED) is 0.855. The Kier molecular flexibility index (Phi) is 3.27. The van der Waals surface area contributed by atoms with Crippen LogP contribution in [0, 0.1) is 24.4 Å². The molecule has 0 unspecified atom stereocenters. The fourth-order valence-electron chi connectivity index (χ4n) is 1.57. The van der Waals surface area contributed by atoms with Gasteiger partial charge in [-0.15, -0.1) is 0 Å². The van der Waals surface area contributed by atoms with Gasteiger partial charge in [-0.1, -0.05) is 0 Å². The van der Waals surface area contributed by atoms with Gasteiger partial charge in [0.25, 0.3) is 0 Å². The summed E-state index contributed by atoms with van der Waals surface area (Å²) in [6.45, 7) is 2.16. The second-order valence-electron chi connectivity index (χ2n) is 3.98. The molecular weight excluding hydrogens is 243 g/mol. The molecule has 0 radical (unpaired) electrons. The first-order valence-corrected chi connectivity index (χ1v) is 5.35. The third-order valence-corrected chi connectivity index (χ3v) is 2.82. The SMILES string of the molecule is Cc1c(CNc2cc(F)c(F)cc2F)cnn1C. The van der Waals surface area contributed by atoms with Crippen molar-refractivity contribution in [1.82, 2.24) is 9.78 Å². The molecule has 0 aliphatic carbocycles. The van der Waals surface area contributed by atoms with E-state index in [1.54, 1.807) is 17.9 Å². The zero-order valence-electron chi connectivity index (χ0n) is 9.97. The highest BCUT2D eigenvalue weighted by Crippen LogP contribution is 2.19. The van der Waals surface area contributed by atoms with Gasteiger partial charge in [0.15, 0.2) is 11.6 Å². The first-order valence-electron chi connectivity index (χ1n) is 5.35. The Hall–Kier alpha value is -1.98. The molecule has 0 aliphatic rings. The van der Waals surface area contributed by atoms with Crippen LogP contribution in [0.4, 0.5) is 18.9 Å². The topological polar surface area (TPSA) is 29.9 Å². The van der Waals surface area contributed by atoms with Crippen LogP contribution in [0.3, 0.4) is 0 Å². The molecule has 0 fully saturated rings. The third-order valence-electron chi connectivity index (χ3n) is 2.82. The Labute approximate surface area is 102 Å². The minimum atomic E-state index is -1.20. The Morgan fingerprint density at radius 3 is 2.44 bits per heavy atom. The Bertz CT molecular complexity index is 578. The van der Waals surface area contributed by atoms with E-state index in [1.807, 2.05) is 6.92 Å². The Morgan fingerprint density at radius 2 is 1.83 bits per heavy atom. The molecule has 1 aromatic carbocycles. The van der Waals surface area contributed by atoms with Gasteiger partial charge in [-0.25, -0.2) is 13.2 Å². The van der Waals surface area contributed by atoms with Crippen molar-refractivity contribution in [2.45, 2.75) is 13.5 Å². The molecular formula is C12H12F3N3. The lowest BCUT2D eigenvalue weighted by Crippen LogP contribution is -2.04. The van der Waals surface area contributed by atoms with Gasteiger partial charge in [0.1, 0.15) is 5.82 Å². The molecule has 2 aromatic rings. The maximum Gasteiger partial charge on any atom is 0.161 e. The van der Waals surface area contributed by atoms with Crippen molar-refractivity contribution in [3.05, 3.63) is 47.0 Å². The van der Waals surface area contributed by atoms with Crippen molar-refractivity contribution in [3.63, 3.8) is 0 Å². The molecule has 0 atom stereocenters. The number of aromatic nitrogens is 2. The zero-order chi connectivity index (χ0) is 13.3. The molecule has 0 aliphatic heterocycles. The van der Waals surface area contributed by atoms with E-state index in [9.17, 15) is 13.2 Å². The lowest BCUT2D eigenvalue weighted by atomic mass is 10.2. The van der Waals surface area contributed by atoms with Crippen molar-refractivity contribution in [2.75, 3.05) is 5.32 Å². The Morgan fingerprint density at radius 1 is 1.17 bits per heavy atom. The number of halogens is 3. The summed E-state index contributed by atoms with van der Waals surface area (Å²) in [7, 11) is 1.79. The molecule has 0 spiro atoms. The summed E-state index contributed by atoms with van der Waals surface area (Å²) in [6.07, 6.45) is 1.64. The first kappa shape index (κ1) is 12.5. The second kappa shape index (κ2) is 4.72. The van der Waals surface area contributed by atoms with Crippen LogP contribution in [0.2, 0.25) is 0 Å². The van der Waals surface area contributed by atoms with Crippen LogP contribution in [0.15, 0.2) is 18.3 Å². The van der Waals surface area contributed by atoms with Crippen LogP contribution < -0.4 is 5.32 Å². The summed E-state index contributed by atoms with van der Waals surface area (Å²) >= 11 is 0. The highest BCUT2D eigenvalue weighted by molar-refractivity contribution is 5.45. The van der Waals surface area contributed by atoms with Crippen molar-refractivity contribution in [2.24, 2.45) is 7.05 Å². The normalized spacial score (nSPS) is 10.7. The van der Waals surface area contributed by atoms with E-state index >= 15 is 0 Å². The van der Waals surface area contributed by atoms with Gasteiger partial charge in [-0.05, 0) is 6.92 Å². The summed E-state index contributed by atoms with van der Waals surface area (Å²) in [5, 5.41) is 6.75. The summed E-state index contributed by atoms with van der Waals surface area (Å²) in [5.41, 5.74) is 1.71. The monoisotopic (exact) mass is 255 g/mol.